The topological polar surface area (TPSA) is 8.81 Å². The predicted molar refractivity (Wildman–Crippen MR) is 124 cm³/mol. The molecule has 1 aromatic heterocycles. The molecule has 0 aliphatic carbocycles. The summed E-state index contributed by atoms with van der Waals surface area (Å²) in [5, 5.41) is 0. The van der Waals surface area contributed by atoms with E-state index in [1.165, 1.54) is 22.3 Å². The Morgan fingerprint density at radius 3 is 2.10 bits per heavy atom. The van der Waals surface area contributed by atoms with Crippen LogP contribution in [0.5, 0.6) is 0 Å². The number of allylic oxidation sites excluding steroid dienone is 1. The van der Waals surface area contributed by atoms with Crippen LogP contribution >= 0.6 is 0 Å². The normalized spacial score (nSPS) is 17.8. The summed E-state index contributed by atoms with van der Waals surface area (Å²) in [6.45, 7) is 8.64. The van der Waals surface area contributed by atoms with E-state index in [9.17, 15) is 1.37 Å². The highest BCUT2D eigenvalue weighted by Crippen LogP contribution is 2.36. The maximum atomic E-state index is 9.62. The minimum Gasteiger partial charge on any atom is -0.212 e. The number of aromatic nitrogens is 2. The molecule has 0 saturated heterocycles. The lowest BCUT2D eigenvalue weighted by molar-refractivity contribution is -0.689. The van der Waals surface area contributed by atoms with Crippen LogP contribution < -0.4 is 4.57 Å². The molecule has 2 nitrogen and oxygen atoms in total. The first kappa shape index (κ1) is 17.5. The molecule has 0 spiro atoms. The summed E-state index contributed by atoms with van der Waals surface area (Å²) >= 11 is 0. The summed E-state index contributed by atoms with van der Waals surface area (Å²) < 4.78 is 14.2. The first-order chi connectivity index (χ1) is 14.9. The Balaban J connectivity index is 1.94. The Kier molecular flexibility index (Phi) is 4.16. The van der Waals surface area contributed by atoms with Crippen molar-refractivity contribution in [2.45, 2.75) is 33.7 Å². The molecular weight excluding hydrogens is 364 g/mol. The minimum atomic E-state index is -1.00. The maximum Gasteiger partial charge on any atom is 0.296 e. The fraction of sp³-hybridized carbons (Fsp3) is 0.179. The van der Waals surface area contributed by atoms with Gasteiger partial charge in [-0.2, -0.15) is 4.57 Å². The summed E-state index contributed by atoms with van der Waals surface area (Å²) in [5.41, 5.74) is 9.18. The van der Waals surface area contributed by atoms with Crippen molar-refractivity contribution in [2.24, 2.45) is 0 Å². The van der Waals surface area contributed by atoms with Crippen LogP contribution in [-0.2, 0) is 0 Å². The average molecular weight is 393 g/mol. The Morgan fingerprint density at radius 2 is 1.40 bits per heavy atom. The fourth-order valence-corrected chi connectivity index (χ4v) is 4.65. The van der Waals surface area contributed by atoms with E-state index in [0.717, 1.165) is 28.5 Å². The van der Waals surface area contributed by atoms with E-state index < -0.39 is 6.02 Å². The number of nitrogens with zero attached hydrogens (tertiary/aromatic N) is 2. The number of fused-ring (bicyclic) bond motifs is 1. The zero-order valence-electron chi connectivity index (χ0n) is 19.0. The molecule has 148 valence electrons. The number of benzene rings is 3. The molecule has 30 heavy (non-hydrogen) atoms. The molecule has 0 N–H and O–H groups in total. The van der Waals surface area contributed by atoms with Gasteiger partial charge in [0, 0.05) is 12.5 Å². The van der Waals surface area contributed by atoms with Gasteiger partial charge in [0.25, 0.3) is 5.82 Å². The van der Waals surface area contributed by atoms with E-state index in [1.807, 2.05) is 36.4 Å². The molecule has 2 heteroatoms. The van der Waals surface area contributed by atoms with Crippen LogP contribution in [0.3, 0.4) is 0 Å². The van der Waals surface area contributed by atoms with Crippen molar-refractivity contribution in [3.63, 3.8) is 0 Å². The van der Waals surface area contributed by atoms with Crippen LogP contribution in [-0.4, -0.2) is 4.57 Å². The first-order valence-electron chi connectivity index (χ1n) is 11.0. The number of hydrogen-bond donors (Lipinski definition) is 0. The lowest BCUT2D eigenvalue weighted by atomic mass is 10.0. The largest absolute Gasteiger partial charge is 0.296 e. The number of hydrogen-bond acceptors (Lipinski definition) is 0. The average Bonchev–Trinajstić information content (AvgIpc) is 3.26. The molecule has 1 aliphatic rings. The SMILES string of the molecule is [2H]C1(c2ccccc2)C=Cc2c(C)n(-c3ccccc3C)c(-c3c(C)cccc3C)[n+]21. The van der Waals surface area contributed by atoms with Gasteiger partial charge in [-0.1, -0.05) is 66.7 Å². The molecule has 0 saturated carbocycles. The van der Waals surface area contributed by atoms with Crippen molar-refractivity contribution in [1.82, 2.24) is 4.57 Å². The Bertz CT molecular complexity index is 1310. The van der Waals surface area contributed by atoms with Crippen LogP contribution in [0.4, 0.5) is 0 Å². The number of aryl methyl sites for hydroxylation is 3. The van der Waals surface area contributed by atoms with Crippen LogP contribution in [0, 0.1) is 27.7 Å². The van der Waals surface area contributed by atoms with Gasteiger partial charge in [-0.3, -0.25) is 0 Å². The molecule has 5 rings (SSSR count). The molecule has 0 bridgehead atoms. The van der Waals surface area contributed by atoms with Crippen LogP contribution in [0.15, 0.2) is 78.9 Å². The molecule has 0 amide bonds. The standard InChI is InChI=1S/C28H27N2/c1-19-11-8-9-16-24(19)29-22(4)25-17-18-26(23-14-6-5-7-15-23)30(25)28(29)27-20(2)12-10-13-21(27)3/h5-18,26H,1-4H3/q+1/i26D. The molecule has 1 unspecified atom stereocenters. The van der Waals surface area contributed by atoms with Crippen molar-refractivity contribution < 1.29 is 5.94 Å². The van der Waals surface area contributed by atoms with Crippen molar-refractivity contribution in [1.29, 1.82) is 0 Å². The van der Waals surface area contributed by atoms with E-state index in [-0.39, 0.29) is 0 Å². The summed E-state index contributed by atoms with van der Waals surface area (Å²) in [7, 11) is 0. The van der Waals surface area contributed by atoms with Crippen LogP contribution in [0.25, 0.3) is 23.2 Å². The first-order valence-corrected chi connectivity index (χ1v) is 10.5. The molecular formula is C28H27N2+. The minimum absolute atomic E-state index is 0.962. The molecule has 1 aliphatic heterocycles. The molecule has 4 aromatic rings. The summed E-state index contributed by atoms with van der Waals surface area (Å²) in [6.07, 6.45) is 4.13. The van der Waals surface area contributed by atoms with E-state index in [1.54, 1.807) is 0 Å². The lowest BCUT2D eigenvalue weighted by Crippen LogP contribution is -2.40. The highest BCUT2D eigenvalue weighted by atomic mass is 15.2. The van der Waals surface area contributed by atoms with E-state index in [0.29, 0.717) is 0 Å². The van der Waals surface area contributed by atoms with Crippen molar-refractivity contribution >= 4 is 6.08 Å². The second-order valence-corrected chi connectivity index (χ2v) is 8.10. The number of rotatable bonds is 3. The third-order valence-corrected chi connectivity index (χ3v) is 6.14. The summed E-state index contributed by atoms with van der Waals surface area (Å²) in [4.78, 5) is 0. The zero-order chi connectivity index (χ0) is 21.8. The Morgan fingerprint density at radius 1 is 0.767 bits per heavy atom. The van der Waals surface area contributed by atoms with Crippen molar-refractivity contribution in [3.05, 3.63) is 113 Å². The molecule has 1 atom stereocenters. The van der Waals surface area contributed by atoms with Crippen molar-refractivity contribution in [3.8, 4) is 17.1 Å². The van der Waals surface area contributed by atoms with Gasteiger partial charge < -0.3 is 0 Å². The number of imidazole rings is 1. The molecule has 0 fully saturated rings. The van der Waals surface area contributed by atoms with Crippen LogP contribution in [0.2, 0.25) is 0 Å². The van der Waals surface area contributed by atoms with Gasteiger partial charge in [0.15, 0.2) is 11.4 Å². The number of para-hydroxylation sites is 1. The molecule has 2 heterocycles. The summed E-state index contributed by atoms with van der Waals surface area (Å²) in [5.74, 6) is 1.06. The highest BCUT2D eigenvalue weighted by molar-refractivity contribution is 5.68. The van der Waals surface area contributed by atoms with Gasteiger partial charge in [-0.05, 0) is 55.7 Å². The predicted octanol–water partition coefficient (Wildman–Crippen LogP) is 6.28. The van der Waals surface area contributed by atoms with E-state index in [2.05, 4.69) is 85.4 Å². The molecule has 0 radical (unpaired) electrons. The Hall–Kier alpha value is -3.39. The van der Waals surface area contributed by atoms with Gasteiger partial charge in [0.2, 0.25) is 0 Å². The smallest absolute Gasteiger partial charge is 0.212 e. The summed E-state index contributed by atoms with van der Waals surface area (Å²) in [6, 6.07) is 24.1. The monoisotopic (exact) mass is 392 g/mol. The van der Waals surface area contributed by atoms with Gasteiger partial charge >= 0.3 is 0 Å². The fourth-order valence-electron chi connectivity index (χ4n) is 4.65. The van der Waals surface area contributed by atoms with E-state index in [4.69, 9.17) is 0 Å². The second kappa shape index (κ2) is 7.14. The van der Waals surface area contributed by atoms with Gasteiger partial charge in [-0.15, -0.1) is 0 Å². The third-order valence-electron chi connectivity index (χ3n) is 6.14. The van der Waals surface area contributed by atoms with Gasteiger partial charge in [0.05, 0.1) is 6.93 Å². The Labute approximate surface area is 180 Å². The zero-order valence-corrected chi connectivity index (χ0v) is 18.0. The quantitative estimate of drug-likeness (QED) is 0.363. The van der Waals surface area contributed by atoms with Crippen LogP contribution in [0.1, 0.15) is 41.0 Å². The highest BCUT2D eigenvalue weighted by Gasteiger charge is 2.38. The third kappa shape index (κ3) is 2.75. The van der Waals surface area contributed by atoms with E-state index >= 15 is 0 Å². The molecule has 3 aromatic carbocycles. The maximum absolute atomic E-state index is 9.62. The van der Waals surface area contributed by atoms with Gasteiger partial charge in [-0.25, -0.2) is 4.57 Å². The second-order valence-electron chi connectivity index (χ2n) is 8.10. The lowest BCUT2D eigenvalue weighted by Gasteiger charge is -2.15. The van der Waals surface area contributed by atoms with Gasteiger partial charge in [0.1, 0.15) is 11.7 Å². The van der Waals surface area contributed by atoms with Crippen molar-refractivity contribution in [2.75, 3.05) is 0 Å².